The summed E-state index contributed by atoms with van der Waals surface area (Å²) in [5.41, 5.74) is 1.97. The molecule has 0 fully saturated rings. The first-order valence-electron chi connectivity index (χ1n) is 7.75. The maximum absolute atomic E-state index is 13.4. The van der Waals surface area contributed by atoms with Crippen LogP contribution in [0.25, 0.3) is 0 Å². The van der Waals surface area contributed by atoms with Crippen molar-refractivity contribution in [1.82, 2.24) is 0 Å². The first-order valence-corrected chi connectivity index (χ1v) is 7.75. The topological polar surface area (TPSA) is 79.8 Å². The second-order valence-corrected chi connectivity index (χ2v) is 5.59. The van der Waals surface area contributed by atoms with E-state index in [4.69, 9.17) is 0 Å². The van der Waals surface area contributed by atoms with Crippen LogP contribution in [-0.2, 0) is 14.4 Å². The maximum Gasteiger partial charge on any atom is 0.270 e. The summed E-state index contributed by atoms with van der Waals surface area (Å²) in [6, 6.07) is 7.00. The third-order valence-corrected chi connectivity index (χ3v) is 3.39. The molecular formula is C18H16F3N3O3. The van der Waals surface area contributed by atoms with Crippen LogP contribution in [0.15, 0.2) is 35.5 Å². The van der Waals surface area contributed by atoms with Crippen LogP contribution < -0.4 is 10.6 Å². The molecule has 0 bridgehead atoms. The fourth-order valence-electron chi connectivity index (χ4n) is 2.11. The molecule has 6 nitrogen and oxygen atoms in total. The second kappa shape index (κ2) is 8.84. The summed E-state index contributed by atoms with van der Waals surface area (Å²) in [5.74, 6) is -6.04. The van der Waals surface area contributed by atoms with Gasteiger partial charge in [-0.05, 0) is 37.6 Å². The van der Waals surface area contributed by atoms with Crippen LogP contribution in [0.4, 0.5) is 24.5 Å². The lowest BCUT2D eigenvalue weighted by Crippen LogP contribution is -2.19. The van der Waals surface area contributed by atoms with Crippen LogP contribution in [0.3, 0.4) is 0 Å². The summed E-state index contributed by atoms with van der Waals surface area (Å²) in [7, 11) is 0. The Morgan fingerprint density at radius 3 is 2.44 bits per heavy atom. The minimum atomic E-state index is -1.70. The van der Waals surface area contributed by atoms with Crippen molar-refractivity contribution in [2.24, 2.45) is 5.16 Å². The number of aryl methyl sites for hydroxylation is 2. The van der Waals surface area contributed by atoms with Gasteiger partial charge in [0.2, 0.25) is 0 Å². The van der Waals surface area contributed by atoms with Gasteiger partial charge in [0.1, 0.15) is 6.21 Å². The number of anilines is 2. The molecule has 0 aliphatic rings. The SMILES string of the molecule is Cc1ccc(NC(=O)/C=N\OCC(=O)Nc2ccc(F)c(F)c2F)c(C)c1. The lowest BCUT2D eigenvalue weighted by atomic mass is 10.1. The Kier molecular flexibility index (Phi) is 6.53. The van der Waals surface area contributed by atoms with Gasteiger partial charge in [-0.3, -0.25) is 9.59 Å². The van der Waals surface area contributed by atoms with Crippen LogP contribution in [0.2, 0.25) is 0 Å². The van der Waals surface area contributed by atoms with E-state index in [1.807, 2.05) is 31.3 Å². The Bertz CT molecular complexity index is 901. The van der Waals surface area contributed by atoms with Gasteiger partial charge in [-0.15, -0.1) is 0 Å². The Morgan fingerprint density at radius 2 is 1.74 bits per heavy atom. The van der Waals surface area contributed by atoms with E-state index < -0.39 is 41.6 Å². The molecule has 0 aromatic heterocycles. The first kappa shape index (κ1) is 20.0. The lowest BCUT2D eigenvalue weighted by molar-refractivity contribution is -0.120. The Hall–Kier alpha value is -3.36. The molecule has 2 rings (SSSR count). The quantitative estimate of drug-likeness (QED) is 0.459. The van der Waals surface area contributed by atoms with Gasteiger partial charge in [0, 0.05) is 5.69 Å². The number of nitrogens with zero attached hydrogens (tertiary/aromatic N) is 1. The molecule has 27 heavy (non-hydrogen) atoms. The molecule has 0 aliphatic carbocycles. The zero-order valence-corrected chi connectivity index (χ0v) is 14.5. The van der Waals surface area contributed by atoms with Gasteiger partial charge in [-0.25, -0.2) is 13.2 Å². The van der Waals surface area contributed by atoms with Crippen molar-refractivity contribution in [3.05, 3.63) is 58.9 Å². The molecule has 2 aromatic rings. The van der Waals surface area contributed by atoms with E-state index in [1.165, 1.54) is 0 Å². The maximum atomic E-state index is 13.4. The molecule has 2 aromatic carbocycles. The first-order chi connectivity index (χ1) is 12.8. The van der Waals surface area contributed by atoms with Gasteiger partial charge in [-0.1, -0.05) is 22.9 Å². The second-order valence-electron chi connectivity index (χ2n) is 5.59. The van der Waals surface area contributed by atoms with E-state index in [-0.39, 0.29) is 0 Å². The zero-order chi connectivity index (χ0) is 20.0. The molecular weight excluding hydrogens is 363 g/mol. The van der Waals surface area contributed by atoms with Gasteiger partial charge in [0.05, 0.1) is 5.69 Å². The molecule has 0 saturated heterocycles. The highest BCUT2D eigenvalue weighted by molar-refractivity contribution is 6.31. The van der Waals surface area contributed by atoms with E-state index in [2.05, 4.69) is 15.3 Å². The number of rotatable bonds is 6. The summed E-state index contributed by atoms with van der Waals surface area (Å²) in [4.78, 5) is 27.9. The predicted molar refractivity (Wildman–Crippen MR) is 93.9 cm³/mol. The van der Waals surface area contributed by atoms with Crippen LogP contribution >= 0.6 is 0 Å². The van der Waals surface area contributed by atoms with E-state index >= 15 is 0 Å². The summed E-state index contributed by atoms with van der Waals surface area (Å²) in [5, 5.41) is 7.91. The van der Waals surface area contributed by atoms with E-state index in [0.717, 1.165) is 23.4 Å². The van der Waals surface area contributed by atoms with Crippen LogP contribution in [0, 0.1) is 31.3 Å². The summed E-state index contributed by atoms with van der Waals surface area (Å²) >= 11 is 0. The lowest BCUT2D eigenvalue weighted by Gasteiger charge is -2.07. The number of carbonyl (C=O) groups is 2. The third kappa shape index (κ3) is 5.56. The van der Waals surface area contributed by atoms with Gasteiger partial charge < -0.3 is 15.5 Å². The fraction of sp³-hybridized carbons (Fsp3) is 0.167. The van der Waals surface area contributed by atoms with Crippen molar-refractivity contribution in [2.45, 2.75) is 13.8 Å². The molecule has 0 atom stereocenters. The monoisotopic (exact) mass is 379 g/mol. The molecule has 0 aliphatic heterocycles. The van der Waals surface area contributed by atoms with Crippen molar-refractivity contribution in [2.75, 3.05) is 17.2 Å². The largest absolute Gasteiger partial charge is 0.385 e. The molecule has 0 heterocycles. The molecule has 0 radical (unpaired) electrons. The standard InChI is InChI=1S/C18H16F3N3O3/c1-10-3-5-13(11(2)7-10)23-15(25)8-22-27-9-16(26)24-14-6-4-12(19)17(20)18(14)21/h3-8H,9H2,1-2H3,(H,23,25)(H,24,26)/b22-8-. The van der Waals surface area contributed by atoms with E-state index in [0.29, 0.717) is 11.8 Å². The molecule has 0 saturated carbocycles. The number of halogens is 3. The van der Waals surface area contributed by atoms with Crippen molar-refractivity contribution >= 4 is 29.4 Å². The van der Waals surface area contributed by atoms with Crippen LogP contribution in [-0.4, -0.2) is 24.6 Å². The van der Waals surface area contributed by atoms with Crippen molar-refractivity contribution in [3.63, 3.8) is 0 Å². The van der Waals surface area contributed by atoms with Gasteiger partial charge in [-0.2, -0.15) is 0 Å². The minimum absolute atomic E-state index is 0.543. The summed E-state index contributed by atoms with van der Waals surface area (Å²) in [6.45, 7) is 3.09. The van der Waals surface area contributed by atoms with E-state index in [1.54, 1.807) is 6.07 Å². The highest BCUT2D eigenvalue weighted by Crippen LogP contribution is 2.19. The number of hydrogen-bond acceptors (Lipinski definition) is 4. The molecule has 142 valence electrons. The normalized spacial score (nSPS) is 10.7. The fourth-order valence-corrected chi connectivity index (χ4v) is 2.11. The number of hydrogen-bond donors (Lipinski definition) is 2. The van der Waals surface area contributed by atoms with Crippen molar-refractivity contribution < 1.29 is 27.6 Å². The van der Waals surface area contributed by atoms with Crippen LogP contribution in [0.1, 0.15) is 11.1 Å². The van der Waals surface area contributed by atoms with Crippen molar-refractivity contribution in [1.29, 1.82) is 0 Å². The Balaban J connectivity index is 1.82. The molecule has 2 N–H and O–H groups in total. The highest BCUT2D eigenvalue weighted by Gasteiger charge is 2.15. The average molecular weight is 379 g/mol. The number of carbonyl (C=O) groups excluding carboxylic acids is 2. The van der Waals surface area contributed by atoms with Gasteiger partial charge in [0.15, 0.2) is 24.1 Å². The Labute approximate surface area is 153 Å². The predicted octanol–water partition coefficient (Wildman–Crippen LogP) is 3.30. The minimum Gasteiger partial charge on any atom is -0.385 e. The number of oxime groups is 1. The summed E-state index contributed by atoms with van der Waals surface area (Å²) in [6.07, 6.45) is 0.824. The van der Waals surface area contributed by atoms with Gasteiger partial charge in [0.25, 0.3) is 11.8 Å². The van der Waals surface area contributed by atoms with Crippen molar-refractivity contribution in [3.8, 4) is 0 Å². The van der Waals surface area contributed by atoms with E-state index in [9.17, 15) is 22.8 Å². The third-order valence-electron chi connectivity index (χ3n) is 3.39. The Morgan fingerprint density at radius 1 is 1.04 bits per heavy atom. The number of benzene rings is 2. The molecule has 0 unspecified atom stereocenters. The highest BCUT2D eigenvalue weighted by atomic mass is 19.2. The molecule has 2 amide bonds. The number of nitrogens with one attached hydrogen (secondary N) is 2. The smallest absolute Gasteiger partial charge is 0.270 e. The van der Waals surface area contributed by atoms with Gasteiger partial charge >= 0.3 is 0 Å². The summed E-state index contributed by atoms with van der Waals surface area (Å²) < 4.78 is 39.3. The number of amides is 2. The molecule has 9 heteroatoms. The van der Waals surface area contributed by atoms with Crippen LogP contribution in [0.5, 0.6) is 0 Å². The molecule has 0 spiro atoms. The zero-order valence-electron chi connectivity index (χ0n) is 14.5. The average Bonchev–Trinajstić information content (AvgIpc) is 2.62.